The van der Waals surface area contributed by atoms with E-state index in [-0.39, 0.29) is 0 Å². The molecule has 5 nitrogen and oxygen atoms in total. The van der Waals surface area contributed by atoms with Gasteiger partial charge in [-0.3, -0.25) is 4.79 Å². The minimum absolute atomic E-state index is 0.332. The fraction of sp³-hybridized carbons (Fsp3) is 0.667. The van der Waals surface area contributed by atoms with Crippen LogP contribution in [-0.2, 0) is 4.79 Å². The Morgan fingerprint density at radius 3 is 2.50 bits per heavy atom. The molecule has 0 spiro atoms. The van der Waals surface area contributed by atoms with Gasteiger partial charge < -0.3 is 9.80 Å². The highest BCUT2D eigenvalue weighted by Gasteiger charge is 2.39. The van der Waals surface area contributed by atoms with E-state index in [1.807, 2.05) is 12.1 Å². The topological polar surface area (TPSA) is 60.2 Å². The van der Waals surface area contributed by atoms with Crippen LogP contribution >= 0.6 is 0 Å². The first-order valence-corrected chi connectivity index (χ1v) is 10.2. The smallest absolute Gasteiger partial charge is 0.225 e. The fourth-order valence-corrected chi connectivity index (χ4v) is 4.62. The van der Waals surface area contributed by atoms with Crippen molar-refractivity contribution in [1.82, 2.24) is 9.88 Å². The molecule has 2 saturated heterocycles. The zero-order valence-corrected chi connectivity index (χ0v) is 15.4. The Hall–Kier alpha value is -2.09. The average Bonchev–Trinajstić information content (AvgIpc) is 3.54. The van der Waals surface area contributed by atoms with Gasteiger partial charge in [0.05, 0.1) is 5.56 Å². The summed E-state index contributed by atoms with van der Waals surface area (Å²) in [6, 6.07) is 6.37. The maximum Gasteiger partial charge on any atom is 0.225 e. The molecule has 5 heteroatoms. The van der Waals surface area contributed by atoms with Crippen molar-refractivity contribution < 1.29 is 4.79 Å². The van der Waals surface area contributed by atoms with Crippen molar-refractivity contribution in [2.75, 3.05) is 24.5 Å². The molecule has 1 saturated carbocycles. The van der Waals surface area contributed by atoms with Crippen LogP contribution in [0.2, 0.25) is 0 Å². The number of rotatable bonds is 3. The molecule has 0 radical (unpaired) electrons. The summed E-state index contributed by atoms with van der Waals surface area (Å²) in [4.78, 5) is 21.8. The second kappa shape index (κ2) is 7.65. The molecule has 0 bridgehead atoms. The zero-order valence-electron chi connectivity index (χ0n) is 15.4. The summed E-state index contributed by atoms with van der Waals surface area (Å²) >= 11 is 0. The summed E-state index contributed by atoms with van der Waals surface area (Å²) in [7, 11) is 0. The number of carbonyl (C=O) groups is 1. The van der Waals surface area contributed by atoms with E-state index in [0.717, 1.165) is 51.1 Å². The Kier molecular flexibility index (Phi) is 5.10. The van der Waals surface area contributed by atoms with Crippen molar-refractivity contribution >= 4 is 11.7 Å². The Bertz CT molecular complexity index is 668. The first-order valence-electron chi connectivity index (χ1n) is 10.2. The number of carbonyl (C=O) groups excluding carboxylic acids is 1. The van der Waals surface area contributed by atoms with Crippen molar-refractivity contribution in [3.63, 3.8) is 0 Å². The molecule has 1 aliphatic carbocycles. The molecule has 1 aromatic rings. The Labute approximate surface area is 156 Å². The molecule has 1 amide bonds. The van der Waals surface area contributed by atoms with Gasteiger partial charge in [0.1, 0.15) is 11.9 Å². The van der Waals surface area contributed by atoms with E-state index >= 15 is 0 Å². The molecule has 1 aromatic heterocycles. The third-order valence-corrected chi connectivity index (χ3v) is 6.29. The molecule has 2 aliphatic heterocycles. The van der Waals surface area contributed by atoms with Crippen molar-refractivity contribution in [2.45, 2.75) is 57.4 Å². The van der Waals surface area contributed by atoms with Gasteiger partial charge in [-0.05, 0) is 56.6 Å². The average molecular weight is 352 g/mol. The molecule has 3 aliphatic rings. The van der Waals surface area contributed by atoms with E-state index in [9.17, 15) is 4.79 Å². The maximum atomic E-state index is 12.8. The maximum absolute atomic E-state index is 12.8. The number of hydrogen-bond donors (Lipinski definition) is 0. The van der Waals surface area contributed by atoms with E-state index in [1.54, 1.807) is 6.20 Å². The van der Waals surface area contributed by atoms with E-state index in [2.05, 4.69) is 20.9 Å². The lowest BCUT2D eigenvalue weighted by Crippen LogP contribution is -2.48. The van der Waals surface area contributed by atoms with E-state index in [0.29, 0.717) is 29.3 Å². The van der Waals surface area contributed by atoms with Crippen LogP contribution in [0.25, 0.3) is 0 Å². The van der Waals surface area contributed by atoms with Gasteiger partial charge in [-0.25, -0.2) is 4.98 Å². The highest BCUT2D eigenvalue weighted by atomic mass is 16.2. The predicted molar refractivity (Wildman–Crippen MR) is 101 cm³/mol. The van der Waals surface area contributed by atoms with Crippen molar-refractivity contribution in [3.8, 4) is 6.07 Å². The molecule has 0 aromatic carbocycles. The van der Waals surface area contributed by atoms with Crippen molar-refractivity contribution in [1.29, 1.82) is 5.26 Å². The summed E-state index contributed by atoms with van der Waals surface area (Å²) < 4.78 is 0. The fourth-order valence-electron chi connectivity index (χ4n) is 4.62. The second-order valence-corrected chi connectivity index (χ2v) is 8.06. The van der Waals surface area contributed by atoms with Crippen LogP contribution in [0.3, 0.4) is 0 Å². The minimum atomic E-state index is 0.332. The molecule has 0 N–H and O–H groups in total. The van der Waals surface area contributed by atoms with Gasteiger partial charge in [-0.2, -0.15) is 5.26 Å². The van der Waals surface area contributed by atoms with Gasteiger partial charge in [0.15, 0.2) is 0 Å². The second-order valence-electron chi connectivity index (χ2n) is 8.06. The summed E-state index contributed by atoms with van der Waals surface area (Å²) in [5.41, 5.74) is 0.608. The monoisotopic (exact) mass is 352 g/mol. The molecular weight excluding hydrogens is 324 g/mol. The third-order valence-electron chi connectivity index (χ3n) is 6.29. The van der Waals surface area contributed by atoms with Crippen LogP contribution in [0.4, 0.5) is 5.82 Å². The standard InChI is InChI=1S/C21H28N4O/c22-14-16-5-8-20(23-15-16)24-12-9-17(10-13-24)19-4-2-1-3-11-25(19)21(26)18-6-7-18/h5,8,15,17-19H,1-4,6-7,9-13H2/t19-/m1/s1. The number of likely N-dealkylation sites (tertiary alicyclic amines) is 1. The first-order chi connectivity index (χ1) is 12.8. The Morgan fingerprint density at radius 2 is 1.85 bits per heavy atom. The molecule has 4 rings (SSSR count). The number of nitriles is 1. The molecule has 1 atom stereocenters. The van der Waals surface area contributed by atoms with E-state index in [1.165, 1.54) is 25.7 Å². The summed E-state index contributed by atoms with van der Waals surface area (Å²) in [5, 5.41) is 8.92. The molecule has 3 fully saturated rings. The zero-order chi connectivity index (χ0) is 17.9. The van der Waals surface area contributed by atoms with Crippen LogP contribution in [0.1, 0.15) is 56.9 Å². The largest absolute Gasteiger partial charge is 0.357 e. The lowest BCUT2D eigenvalue weighted by atomic mass is 9.86. The number of nitrogens with zero attached hydrogens (tertiary/aromatic N) is 4. The van der Waals surface area contributed by atoms with E-state index in [4.69, 9.17) is 5.26 Å². The van der Waals surface area contributed by atoms with Gasteiger partial charge in [-0.15, -0.1) is 0 Å². The lowest BCUT2D eigenvalue weighted by molar-refractivity contribution is -0.136. The van der Waals surface area contributed by atoms with Gasteiger partial charge in [0, 0.05) is 37.8 Å². The summed E-state index contributed by atoms with van der Waals surface area (Å²) in [6.45, 7) is 2.95. The highest BCUT2D eigenvalue weighted by Crippen LogP contribution is 2.36. The van der Waals surface area contributed by atoms with Crippen LogP contribution in [-0.4, -0.2) is 41.5 Å². The van der Waals surface area contributed by atoms with Gasteiger partial charge in [0.25, 0.3) is 0 Å². The normalized spacial score (nSPS) is 24.8. The molecule has 0 unspecified atom stereocenters. The number of pyridine rings is 1. The highest BCUT2D eigenvalue weighted by molar-refractivity contribution is 5.81. The SMILES string of the molecule is N#Cc1ccc(N2CCC([C@H]3CCCCCN3C(=O)C3CC3)CC2)nc1. The predicted octanol–water partition coefficient (Wildman–Crippen LogP) is 3.35. The first kappa shape index (κ1) is 17.3. The number of aromatic nitrogens is 1. The van der Waals surface area contributed by atoms with Crippen LogP contribution < -0.4 is 4.90 Å². The van der Waals surface area contributed by atoms with Gasteiger partial charge >= 0.3 is 0 Å². The summed E-state index contributed by atoms with van der Waals surface area (Å²) in [5.74, 6) is 2.35. The Balaban J connectivity index is 1.40. The van der Waals surface area contributed by atoms with Crippen molar-refractivity contribution in [2.24, 2.45) is 11.8 Å². The van der Waals surface area contributed by atoms with Crippen LogP contribution in [0.5, 0.6) is 0 Å². The van der Waals surface area contributed by atoms with Gasteiger partial charge in [0.2, 0.25) is 5.91 Å². The quantitative estimate of drug-likeness (QED) is 0.837. The van der Waals surface area contributed by atoms with Gasteiger partial charge in [-0.1, -0.05) is 12.8 Å². The van der Waals surface area contributed by atoms with E-state index < -0.39 is 0 Å². The molecule has 3 heterocycles. The lowest BCUT2D eigenvalue weighted by Gasteiger charge is -2.41. The Morgan fingerprint density at radius 1 is 1.04 bits per heavy atom. The minimum Gasteiger partial charge on any atom is -0.357 e. The number of anilines is 1. The molecular formula is C21H28N4O. The summed E-state index contributed by atoms with van der Waals surface area (Å²) in [6.07, 6.45) is 11.0. The van der Waals surface area contributed by atoms with Crippen LogP contribution in [0, 0.1) is 23.2 Å². The van der Waals surface area contributed by atoms with Crippen molar-refractivity contribution in [3.05, 3.63) is 23.9 Å². The molecule has 138 valence electrons. The third kappa shape index (κ3) is 3.70. The number of hydrogen-bond acceptors (Lipinski definition) is 4. The number of piperidine rings is 1. The number of amides is 1. The molecule has 26 heavy (non-hydrogen) atoms. The van der Waals surface area contributed by atoms with Crippen LogP contribution in [0.15, 0.2) is 18.3 Å².